The maximum atomic E-state index is 10.0. The monoisotopic (exact) mass is 239 g/mol. The van der Waals surface area contributed by atoms with Gasteiger partial charge in [0.15, 0.2) is 0 Å². The summed E-state index contributed by atoms with van der Waals surface area (Å²) in [7, 11) is 0.477. The molecule has 4 heteroatoms. The highest BCUT2D eigenvalue weighted by molar-refractivity contribution is 6.51. The van der Waals surface area contributed by atoms with Crippen molar-refractivity contribution in [2.75, 3.05) is 20.3 Å². The first-order valence-corrected chi connectivity index (χ1v) is 7.42. The van der Waals surface area contributed by atoms with Crippen LogP contribution in [0.3, 0.4) is 0 Å². The Kier molecular flexibility index (Phi) is 6.33. The third-order valence-corrected chi connectivity index (χ3v) is 4.09. The fourth-order valence-electron chi connectivity index (χ4n) is 1.39. The summed E-state index contributed by atoms with van der Waals surface area (Å²) >= 11 is 0. The molecular formula is C12H19O3Si. The molecular weight excluding hydrogens is 220 g/mol. The zero-order chi connectivity index (χ0) is 11.8. The van der Waals surface area contributed by atoms with Crippen molar-refractivity contribution in [1.82, 2.24) is 0 Å². The molecule has 1 aromatic rings. The average molecular weight is 239 g/mol. The van der Waals surface area contributed by atoms with E-state index in [0.717, 1.165) is 12.0 Å². The maximum absolute atomic E-state index is 10.0. The van der Waals surface area contributed by atoms with E-state index in [0.29, 0.717) is 13.2 Å². The molecule has 1 rings (SSSR count). The number of hydrogen-bond acceptors (Lipinski definition) is 3. The molecule has 0 spiro atoms. The highest BCUT2D eigenvalue weighted by Crippen LogP contribution is 2.16. The van der Waals surface area contributed by atoms with Crippen LogP contribution < -0.4 is 0 Å². The number of aliphatic hydroxyl groups excluding tert-OH is 1. The molecule has 1 N–H and O–H groups in total. The Morgan fingerprint density at radius 1 is 1.25 bits per heavy atom. The summed E-state index contributed by atoms with van der Waals surface area (Å²) in [4.78, 5) is 0. The molecule has 1 aromatic carbocycles. The number of methoxy groups -OCH3 is 1. The summed E-state index contributed by atoms with van der Waals surface area (Å²) in [6.07, 6.45) is 0.875. The van der Waals surface area contributed by atoms with Gasteiger partial charge in [0, 0.05) is 20.3 Å². The summed E-state index contributed by atoms with van der Waals surface area (Å²) < 4.78 is 10.6. The molecule has 1 atom stereocenters. The van der Waals surface area contributed by atoms with Crippen molar-refractivity contribution in [3.05, 3.63) is 35.9 Å². The molecule has 1 radical (unpaired) electrons. The fraction of sp³-hybridized carbons (Fsp3) is 0.500. The lowest BCUT2D eigenvalue weighted by molar-refractivity contribution is 0.161. The molecule has 0 heterocycles. The standard InChI is InChI=1S/C12H19O3Si/c1-14-9-6-10-15-16(2)12(13)11-7-4-3-5-8-11/h3-5,7-8,12-13H,6,9-10H2,1-2H3. The summed E-state index contributed by atoms with van der Waals surface area (Å²) in [6.45, 7) is 3.34. The number of rotatable bonds is 7. The summed E-state index contributed by atoms with van der Waals surface area (Å²) in [5, 5.41) is 10.0. The van der Waals surface area contributed by atoms with E-state index in [9.17, 15) is 5.11 Å². The second-order valence-electron chi connectivity index (χ2n) is 3.62. The van der Waals surface area contributed by atoms with Gasteiger partial charge in [-0.25, -0.2) is 0 Å². The van der Waals surface area contributed by atoms with Crippen molar-refractivity contribution in [3.63, 3.8) is 0 Å². The van der Waals surface area contributed by atoms with Crippen molar-refractivity contribution < 1.29 is 14.3 Å². The van der Waals surface area contributed by atoms with Crippen molar-refractivity contribution in [2.24, 2.45) is 0 Å². The van der Waals surface area contributed by atoms with E-state index in [1.807, 2.05) is 36.9 Å². The summed E-state index contributed by atoms with van der Waals surface area (Å²) in [6, 6.07) is 9.66. The minimum Gasteiger partial charge on any atom is -0.414 e. The van der Waals surface area contributed by atoms with Crippen LogP contribution in [0.2, 0.25) is 6.55 Å². The first kappa shape index (κ1) is 13.4. The molecule has 0 aliphatic rings. The molecule has 0 saturated carbocycles. The number of benzene rings is 1. The van der Waals surface area contributed by atoms with Crippen molar-refractivity contribution >= 4 is 9.04 Å². The number of aliphatic hydroxyl groups is 1. The van der Waals surface area contributed by atoms with Crippen LogP contribution in [0.4, 0.5) is 0 Å². The minimum atomic E-state index is -1.20. The van der Waals surface area contributed by atoms with E-state index in [4.69, 9.17) is 9.16 Å². The smallest absolute Gasteiger partial charge is 0.242 e. The van der Waals surface area contributed by atoms with Crippen molar-refractivity contribution in [3.8, 4) is 0 Å². The third kappa shape index (κ3) is 4.45. The zero-order valence-corrected chi connectivity index (χ0v) is 10.8. The summed E-state index contributed by atoms with van der Waals surface area (Å²) in [5.41, 5.74) is 0.472. The largest absolute Gasteiger partial charge is 0.414 e. The quantitative estimate of drug-likeness (QED) is 0.584. The van der Waals surface area contributed by atoms with Gasteiger partial charge in [-0.1, -0.05) is 30.3 Å². The Bertz CT molecular complexity index is 279. The van der Waals surface area contributed by atoms with Crippen molar-refractivity contribution in [2.45, 2.75) is 18.7 Å². The number of ether oxygens (including phenoxy) is 1. The van der Waals surface area contributed by atoms with Crippen LogP contribution in [0.25, 0.3) is 0 Å². The van der Waals surface area contributed by atoms with Crippen LogP contribution in [-0.4, -0.2) is 34.5 Å². The lowest BCUT2D eigenvalue weighted by Gasteiger charge is -2.17. The van der Waals surface area contributed by atoms with Gasteiger partial charge in [0.2, 0.25) is 9.04 Å². The van der Waals surface area contributed by atoms with Crippen LogP contribution in [0, 0.1) is 0 Å². The van der Waals surface area contributed by atoms with E-state index in [2.05, 4.69) is 0 Å². The van der Waals surface area contributed by atoms with Gasteiger partial charge in [-0.3, -0.25) is 0 Å². The highest BCUT2D eigenvalue weighted by Gasteiger charge is 2.19. The SMILES string of the molecule is COCCCO[Si](C)C(O)c1ccccc1. The van der Waals surface area contributed by atoms with E-state index in [1.165, 1.54) is 0 Å². The first-order valence-electron chi connectivity index (χ1n) is 5.44. The van der Waals surface area contributed by atoms with Gasteiger partial charge in [-0.2, -0.15) is 0 Å². The third-order valence-electron chi connectivity index (χ3n) is 2.32. The molecule has 0 amide bonds. The fourth-order valence-corrected chi connectivity index (χ4v) is 2.67. The van der Waals surface area contributed by atoms with Gasteiger partial charge in [-0.05, 0) is 18.5 Å². The van der Waals surface area contributed by atoms with Gasteiger partial charge in [0.05, 0.1) is 5.73 Å². The first-order chi connectivity index (χ1) is 7.75. The van der Waals surface area contributed by atoms with Gasteiger partial charge < -0.3 is 14.3 Å². The van der Waals surface area contributed by atoms with E-state index < -0.39 is 14.8 Å². The van der Waals surface area contributed by atoms with E-state index in [1.54, 1.807) is 7.11 Å². The van der Waals surface area contributed by atoms with Gasteiger partial charge >= 0.3 is 0 Å². The lowest BCUT2D eigenvalue weighted by Crippen LogP contribution is -2.24. The van der Waals surface area contributed by atoms with Crippen LogP contribution in [-0.2, 0) is 9.16 Å². The lowest BCUT2D eigenvalue weighted by atomic mass is 10.2. The van der Waals surface area contributed by atoms with Crippen molar-refractivity contribution in [1.29, 1.82) is 0 Å². The van der Waals surface area contributed by atoms with E-state index >= 15 is 0 Å². The van der Waals surface area contributed by atoms with Gasteiger partial charge in [-0.15, -0.1) is 0 Å². The second kappa shape index (κ2) is 7.57. The molecule has 3 nitrogen and oxygen atoms in total. The molecule has 16 heavy (non-hydrogen) atoms. The van der Waals surface area contributed by atoms with Crippen LogP contribution >= 0.6 is 0 Å². The average Bonchev–Trinajstić information content (AvgIpc) is 2.34. The highest BCUT2D eigenvalue weighted by atomic mass is 28.3. The van der Waals surface area contributed by atoms with Gasteiger partial charge in [0.25, 0.3) is 0 Å². The topological polar surface area (TPSA) is 38.7 Å². The Morgan fingerprint density at radius 3 is 2.56 bits per heavy atom. The maximum Gasteiger partial charge on any atom is 0.242 e. The molecule has 0 saturated heterocycles. The minimum absolute atomic E-state index is 0.464. The molecule has 0 fully saturated rings. The molecule has 0 aliphatic heterocycles. The molecule has 0 bridgehead atoms. The Labute approximate surface area is 98.7 Å². The molecule has 1 unspecified atom stereocenters. The predicted molar refractivity (Wildman–Crippen MR) is 65.5 cm³/mol. The van der Waals surface area contributed by atoms with Crippen LogP contribution in [0.15, 0.2) is 30.3 Å². The predicted octanol–water partition coefficient (Wildman–Crippen LogP) is 1.93. The Balaban J connectivity index is 2.33. The van der Waals surface area contributed by atoms with Crippen LogP contribution in [0.5, 0.6) is 0 Å². The Morgan fingerprint density at radius 2 is 1.94 bits per heavy atom. The molecule has 89 valence electrons. The summed E-state index contributed by atoms with van der Waals surface area (Å²) in [5.74, 6) is 0. The van der Waals surface area contributed by atoms with Gasteiger partial charge in [0.1, 0.15) is 0 Å². The second-order valence-corrected chi connectivity index (χ2v) is 5.68. The number of hydrogen-bond donors (Lipinski definition) is 1. The van der Waals surface area contributed by atoms with Crippen LogP contribution in [0.1, 0.15) is 17.7 Å². The normalized spacial score (nSPS) is 13.0. The molecule has 0 aromatic heterocycles. The van der Waals surface area contributed by atoms with E-state index in [-0.39, 0.29) is 0 Å². The zero-order valence-electron chi connectivity index (χ0n) is 9.85. The Hall–Kier alpha value is -0.683. The molecule has 0 aliphatic carbocycles.